The second-order valence-electron chi connectivity index (χ2n) is 9.86. The molecular weight excluding hydrogens is 358 g/mol. The molecular formula is C20H37NO3Si2. The third-order valence-electron chi connectivity index (χ3n) is 5.65. The zero-order chi connectivity index (χ0) is 20.4. The third kappa shape index (κ3) is 5.61. The van der Waals surface area contributed by atoms with E-state index in [-0.39, 0.29) is 10.1 Å². The molecule has 0 fully saturated rings. The lowest BCUT2D eigenvalue weighted by atomic mass is 10.2. The summed E-state index contributed by atoms with van der Waals surface area (Å²) in [6.07, 6.45) is 1.75. The minimum Gasteiger partial charge on any atom is -0.541 e. The molecule has 1 aromatic carbocycles. The van der Waals surface area contributed by atoms with Crippen LogP contribution >= 0.6 is 0 Å². The third-order valence-corrected chi connectivity index (χ3v) is 14.2. The van der Waals surface area contributed by atoms with Crippen molar-refractivity contribution in [2.75, 3.05) is 7.11 Å². The Morgan fingerprint density at radius 2 is 1.38 bits per heavy atom. The molecule has 26 heavy (non-hydrogen) atoms. The fourth-order valence-corrected chi connectivity index (χ4v) is 3.25. The van der Waals surface area contributed by atoms with Crippen molar-refractivity contribution >= 4 is 22.8 Å². The van der Waals surface area contributed by atoms with Crippen LogP contribution in [0.15, 0.2) is 23.4 Å². The predicted molar refractivity (Wildman–Crippen MR) is 117 cm³/mol. The summed E-state index contributed by atoms with van der Waals surface area (Å²) < 4.78 is 17.8. The smallest absolute Gasteiger partial charge is 0.286 e. The molecule has 0 aromatic heterocycles. The number of methoxy groups -OCH3 is 1. The molecule has 0 saturated heterocycles. The molecule has 1 aromatic rings. The van der Waals surface area contributed by atoms with Crippen molar-refractivity contribution in [2.24, 2.45) is 5.16 Å². The summed E-state index contributed by atoms with van der Waals surface area (Å²) in [6, 6.07) is 5.90. The van der Waals surface area contributed by atoms with Gasteiger partial charge in [-0.3, -0.25) is 0 Å². The molecule has 148 valence electrons. The van der Waals surface area contributed by atoms with Crippen molar-refractivity contribution in [1.29, 1.82) is 0 Å². The van der Waals surface area contributed by atoms with E-state index in [4.69, 9.17) is 13.7 Å². The van der Waals surface area contributed by atoms with Gasteiger partial charge in [0.1, 0.15) is 5.75 Å². The summed E-state index contributed by atoms with van der Waals surface area (Å²) in [5.74, 6) is 1.52. The van der Waals surface area contributed by atoms with E-state index in [1.165, 1.54) is 0 Å². The van der Waals surface area contributed by atoms with Crippen molar-refractivity contribution < 1.29 is 13.7 Å². The van der Waals surface area contributed by atoms with Gasteiger partial charge in [-0.2, -0.15) is 0 Å². The van der Waals surface area contributed by atoms with Gasteiger partial charge in [-0.25, -0.2) is 0 Å². The Balaban J connectivity index is 2.98. The summed E-state index contributed by atoms with van der Waals surface area (Å²) >= 11 is 0. The lowest BCUT2D eigenvalue weighted by Gasteiger charge is -2.36. The maximum atomic E-state index is 6.39. The van der Waals surface area contributed by atoms with Crippen LogP contribution in [0.2, 0.25) is 36.3 Å². The minimum absolute atomic E-state index is 0.128. The highest BCUT2D eigenvalue weighted by molar-refractivity contribution is 6.75. The minimum atomic E-state index is -1.91. The maximum absolute atomic E-state index is 6.39. The van der Waals surface area contributed by atoms with E-state index in [0.717, 1.165) is 17.1 Å². The molecule has 0 atom stereocenters. The molecule has 0 spiro atoms. The number of benzene rings is 1. The van der Waals surface area contributed by atoms with Gasteiger partial charge < -0.3 is 13.7 Å². The second kappa shape index (κ2) is 7.76. The summed E-state index contributed by atoms with van der Waals surface area (Å²) in [4.78, 5) is 0. The van der Waals surface area contributed by atoms with Crippen LogP contribution < -0.4 is 9.16 Å². The number of hydrogen-bond acceptors (Lipinski definition) is 4. The molecule has 0 amide bonds. The first-order valence-electron chi connectivity index (χ1n) is 9.19. The largest absolute Gasteiger partial charge is 0.541 e. The number of oxime groups is 1. The Labute approximate surface area is 162 Å². The molecule has 6 heteroatoms. The second-order valence-corrected chi connectivity index (χ2v) is 19.3. The highest BCUT2D eigenvalue weighted by Crippen LogP contribution is 2.40. The highest BCUT2D eigenvalue weighted by atomic mass is 28.4. The zero-order valence-corrected chi connectivity index (χ0v) is 20.5. The lowest BCUT2D eigenvalue weighted by molar-refractivity contribution is 0.310. The van der Waals surface area contributed by atoms with Gasteiger partial charge in [-0.1, -0.05) is 41.5 Å². The Bertz CT molecular complexity index is 641. The summed E-state index contributed by atoms with van der Waals surface area (Å²) in [5, 5.41) is 4.51. The zero-order valence-electron chi connectivity index (χ0n) is 18.5. The molecule has 0 saturated carbocycles. The predicted octanol–water partition coefficient (Wildman–Crippen LogP) is 6.43. The SMILES string of the molecule is COc1cc(/C=N/O[Si](C)(C)C(C)(C)C)ccc1O[Si](C)(C)C(C)(C)C. The van der Waals surface area contributed by atoms with Crippen molar-refractivity contribution in [1.82, 2.24) is 0 Å². The number of nitrogens with zero attached hydrogens (tertiary/aromatic N) is 1. The van der Waals surface area contributed by atoms with E-state index in [1.54, 1.807) is 13.3 Å². The van der Waals surface area contributed by atoms with Crippen LogP contribution in [0.1, 0.15) is 47.1 Å². The molecule has 0 radical (unpaired) electrons. The molecule has 0 aliphatic carbocycles. The molecule has 4 nitrogen and oxygen atoms in total. The van der Waals surface area contributed by atoms with Crippen LogP contribution in [0.4, 0.5) is 0 Å². The molecule has 0 N–H and O–H groups in total. The van der Waals surface area contributed by atoms with E-state index < -0.39 is 16.6 Å². The van der Waals surface area contributed by atoms with Crippen LogP contribution in [-0.2, 0) is 4.53 Å². The van der Waals surface area contributed by atoms with Crippen LogP contribution in [0, 0.1) is 0 Å². The summed E-state index contributed by atoms with van der Waals surface area (Å²) in [7, 11) is -2.14. The number of rotatable bonds is 6. The molecule has 1 rings (SSSR count). The molecule has 0 heterocycles. The van der Waals surface area contributed by atoms with E-state index in [0.29, 0.717) is 0 Å². The maximum Gasteiger partial charge on any atom is 0.286 e. The fraction of sp³-hybridized carbons (Fsp3) is 0.650. The van der Waals surface area contributed by atoms with Crippen LogP contribution in [0.3, 0.4) is 0 Å². The van der Waals surface area contributed by atoms with Gasteiger partial charge in [0.05, 0.1) is 13.3 Å². The molecule has 0 aliphatic rings. The lowest BCUT2D eigenvalue weighted by Crippen LogP contribution is -2.43. The first-order chi connectivity index (χ1) is 11.6. The Kier molecular flexibility index (Phi) is 6.80. The van der Waals surface area contributed by atoms with Gasteiger partial charge in [-0.15, -0.1) is 5.16 Å². The number of ether oxygens (including phenoxy) is 1. The van der Waals surface area contributed by atoms with Gasteiger partial charge >= 0.3 is 0 Å². The van der Waals surface area contributed by atoms with Crippen molar-refractivity contribution in [3.63, 3.8) is 0 Å². The summed E-state index contributed by atoms with van der Waals surface area (Å²) in [5.41, 5.74) is 0.933. The van der Waals surface area contributed by atoms with Gasteiger partial charge in [0.2, 0.25) is 0 Å². The van der Waals surface area contributed by atoms with E-state index in [9.17, 15) is 0 Å². The average Bonchev–Trinajstić information content (AvgIpc) is 2.45. The quantitative estimate of drug-likeness (QED) is 0.316. The van der Waals surface area contributed by atoms with Crippen LogP contribution in [0.5, 0.6) is 11.5 Å². The summed E-state index contributed by atoms with van der Waals surface area (Å²) in [6.45, 7) is 22.1. The monoisotopic (exact) mass is 395 g/mol. The Morgan fingerprint density at radius 3 is 1.85 bits per heavy atom. The molecule has 0 aliphatic heterocycles. The highest BCUT2D eigenvalue weighted by Gasteiger charge is 2.40. The van der Waals surface area contributed by atoms with Crippen molar-refractivity contribution in [2.45, 2.75) is 77.8 Å². The van der Waals surface area contributed by atoms with Gasteiger partial charge in [0.25, 0.3) is 16.6 Å². The first-order valence-corrected chi connectivity index (χ1v) is 15.0. The normalized spacial score (nSPS) is 13.8. The standard InChI is InChI=1S/C20H37NO3Si2/c1-19(2,3)25(8,9)23-17-13-12-16(14-18(17)22-7)15-21-24-26(10,11)20(4,5)6/h12-15H,1-11H3/b21-15+. The Morgan fingerprint density at radius 1 is 0.846 bits per heavy atom. The molecule has 0 bridgehead atoms. The number of hydrogen-bond donors (Lipinski definition) is 0. The van der Waals surface area contributed by atoms with Gasteiger partial charge in [0.15, 0.2) is 5.75 Å². The molecule has 0 unspecified atom stereocenters. The van der Waals surface area contributed by atoms with Crippen molar-refractivity contribution in [3.8, 4) is 11.5 Å². The fourth-order valence-electron chi connectivity index (χ4n) is 1.63. The van der Waals surface area contributed by atoms with E-state index >= 15 is 0 Å². The van der Waals surface area contributed by atoms with Crippen LogP contribution in [0.25, 0.3) is 0 Å². The van der Waals surface area contributed by atoms with E-state index in [1.807, 2.05) is 18.2 Å². The van der Waals surface area contributed by atoms with Gasteiger partial charge in [-0.05, 0) is 60.0 Å². The first kappa shape index (κ1) is 22.8. The van der Waals surface area contributed by atoms with Gasteiger partial charge in [0, 0.05) is 0 Å². The van der Waals surface area contributed by atoms with E-state index in [2.05, 4.69) is 72.9 Å². The average molecular weight is 396 g/mol. The Hall–Kier alpha value is -1.28. The van der Waals surface area contributed by atoms with Crippen molar-refractivity contribution in [3.05, 3.63) is 23.8 Å². The topological polar surface area (TPSA) is 40.0 Å². The van der Waals surface area contributed by atoms with Crippen LogP contribution in [-0.4, -0.2) is 30.0 Å².